The first kappa shape index (κ1) is 12.3. The lowest BCUT2D eigenvalue weighted by Gasteiger charge is -2.15. The number of carbonyl (C=O) groups excluding carboxylic acids is 1. The number of nitrogens with one attached hydrogen (secondary N) is 1. The molecule has 0 atom stereocenters. The highest BCUT2D eigenvalue weighted by molar-refractivity contribution is 5.81. The Kier molecular flexibility index (Phi) is 3.71. The molecule has 1 aromatic rings. The highest BCUT2D eigenvalue weighted by Gasteiger charge is 2.19. The van der Waals surface area contributed by atoms with Crippen LogP contribution in [0.4, 0.5) is 11.5 Å². The minimum Gasteiger partial charge on any atom is -0.369 e. The van der Waals surface area contributed by atoms with Gasteiger partial charge in [-0.25, -0.2) is 0 Å². The summed E-state index contributed by atoms with van der Waals surface area (Å²) in [5.74, 6) is -0.294. The molecular weight excluding hydrogens is 236 g/mol. The average molecular weight is 250 g/mol. The van der Waals surface area contributed by atoms with E-state index in [2.05, 4.69) is 10.3 Å². The predicted octanol–water partition coefficient (Wildman–Crippen LogP) is 1.02. The molecular formula is C11H14N4O3. The number of rotatable bonds is 4. The fraction of sp³-hybridized carbons (Fsp3) is 0.455. The molecule has 0 aromatic carbocycles. The maximum absolute atomic E-state index is 11.8. The van der Waals surface area contributed by atoms with E-state index in [9.17, 15) is 14.9 Å². The van der Waals surface area contributed by atoms with Crippen molar-refractivity contribution in [1.82, 2.24) is 9.88 Å². The molecule has 0 saturated carbocycles. The van der Waals surface area contributed by atoms with Crippen LogP contribution in [0.2, 0.25) is 0 Å². The van der Waals surface area contributed by atoms with E-state index >= 15 is 0 Å². The molecule has 2 heterocycles. The number of pyridine rings is 1. The summed E-state index contributed by atoms with van der Waals surface area (Å²) in [5.41, 5.74) is 0.273. The standard InChI is InChI=1S/C11H14N4O3/c16-10(14-6-1-2-7-14)8-13-9-4-3-5-12-11(9)15(17)18/h3-5,13H,1-2,6-8H2. The molecule has 96 valence electrons. The molecule has 0 spiro atoms. The van der Waals surface area contributed by atoms with Crippen molar-refractivity contribution in [1.29, 1.82) is 0 Å². The van der Waals surface area contributed by atoms with Crippen LogP contribution >= 0.6 is 0 Å². The van der Waals surface area contributed by atoms with Gasteiger partial charge in [-0.3, -0.25) is 4.79 Å². The number of carbonyl (C=O) groups is 1. The van der Waals surface area contributed by atoms with Gasteiger partial charge >= 0.3 is 5.82 Å². The largest absolute Gasteiger partial charge is 0.386 e. The maximum Gasteiger partial charge on any atom is 0.386 e. The Labute approximate surface area is 104 Å². The molecule has 0 aliphatic carbocycles. The van der Waals surface area contributed by atoms with Gasteiger partial charge in [0.1, 0.15) is 11.9 Å². The third-order valence-electron chi connectivity index (χ3n) is 2.85. The van der Waals surface area contributed by atoms with Gasteiger partial charge in [-0.05, 0) is 34.9 Å². The van der Waals surface area contributed by atoms with Crippen molar-refractivity contribution in [2.24, 2.45) is 0 Å². The summed E-state index contributed by atoms with van der Waals surface area (Å²) in [6, 6.07) is 3.14. The van der Waals surface area contributed by atoms with E-state index in [1.807, 2.05) is 0 Å². The van der Waals surface area contributed by atoms with Crippen LogP contribution in [0.15, 0.2) is 18.3 Å². The second-order valence-corrected chi connectivity index (χ2v) is 4.07. The molecule has 1 saturated heterocycles. The summed E-state index contributed by atoms with van der Waals surface area (Å²) in [4.78, 5) is 27.4. The zero-order valence-electron chi connectivity index (χ0n) is 9.83. The third-order valence-corrected chi connectivity index (χ3v) is 2.85. The molecule has 2 rings (SSSR count). The lowest BCUT2D eigenvalue weighted by molar-refractivity contribution is -0.388. The molecule has 1 amide bonds. The molecule has 7 nitrogen and oxygen atoms in total. The fourth-order valence-corrected chi connectivity index (χ4v) is 1.93. The van der Waals surface area contributed by atoms with Gasteiger partial charge in [0, 0.05) is 13.1 Å². The van der Waals surface area contributed by atoms with Gasteiger partial charge in [0.05, 0.1) is 6.54 Å². The maximum atomic E-state index is 11.8. The smallest absolute Gasteiger partial charge is 0.369 e. The average Bonchev–Trinajstić information content (AvgIpc) is 2.90. The first-order valence-electron chi connectivity index (χ1n) is 5.79. The molecule has 7 heteroatoms. The summed E-state index contributed by atoms with van der Waals surface area (Å²) in [6.07, 6.45) is 3.41. The van der Waals surface area contributed by atoms with Crippen LogP contribution in [0.5, 0.6) is 0 Å². The normalized spacial score (nSPS) is 14.6. The van der Waals surface area contributed by atoms with Crippen molar-refractivity contribution >= 4 is 17.4 Å². The molecule has 1 aromatic heterocycles. The zero-order valence-corrected chi connectivity index (χ0v) is 9.83. The van der Waals surface area contributed by atoms with Gasteiger partial charge in [0.2, 0.25) is 5.91 Å². The van der Waals surface area contributed by atoms with Crippen LogP contribution in [0.3, 0.4) is 0 Å². The van der Waals surface area contributed by atoms with Crippen LogP contribution in [0, 0.1) is 10.1 Å². The summed E-state index contributed by atoms with van der Waals surface area (Å²) in [7, 11) is 0. The summed E-state index contributed by atoms with van der Waals surface area (Å²) in [5, 5.41) is 13.5. The predicted molar refractivity (Wildman–Crippen MR) is 65.2 cm³/mol. The quantitative estimate of drug-likeness (QED) is 0.636. The van der Waals surface area contributed by atoms with Crippen LogP contribution in [-0.2, 0) is 4.79 Å². The second-order valence-electron chi connectivity index (χ2n) is 4.07. The van der Waals surface area contributed by atoms with Crippen molar-refractivity contribution in [2.75, 3.05) is 25.0 Å². The fourth-order valence-electron chi connectivity index (χ4n) is 1.93. The Morgan fingerprint density at radius 2 is 2.22 bits per heavy atom. The zero-order chi connectivity index (χ0) is 13.0. The Morgan fingerprint density at radius 1 is 1.50 bits per heavy atom. The highest BCUT2D eigenvalue weighted by Crippen LogP contribution is 2.19. The van der Waals surface area contributed by atoms with Gasteiger partial charge in [0.25, 0.3) is 0 Å². The number of aromatic nitrogens is 1. The minimum absolute atomic E-state index is 0.0364. The number of nitro groups is 1. The first-order valence-corrected chi connectivity index (χ1v) is 5.79. The SMILES string of the molecule is O=C(CNc1cccnc1[N+](=O)[O-])N1CCCC1. The number of hydrogen-bond acceptors (Lipinski definition) is 5. The van der Waals surface area contributed by atoms with Crippen LogP contribution in [0.1, 0.15) is 12.8 Å². The summed E-state index contributed by atoms with van der Waals surface area (Å²) in [6.45, 7) is 1.61. The monoisotopic (exact) mass is 250 g/mol. The van der Waals surface area contributed by atoms with E-state index in [1.165, 1.54) is 6.20 Å². The number of hydrogen-bond donors (Lipinski definition) is 1. The Bertz CT molecular complexity index is 457. The van der Waals surface area contributed by atoms with E-state index in [0.29, 0.717) is 0 Å². The van der Waals surface area contributed by atoms with Crippen molar-refractivity contribution in [3.05, 3.63) is 28.4 Å². The number of anilines is 1. The van der Waals surface area contributed by atoms with Crippen molar-refractivity contribution in [3.63, 3.8) is 0 Å². The molecule has 18 heavy (non-hydrogen) atoms. The first-order chi connectivity index (χ1) is 8.68. The van der Waals surface area contributed by atoms with Crippen LogP contribution in [-0.4, -0.2) is 40.3 Å². The summed E-state index contributed by atoms with van der Waals surface area (Å²) >= 11 is 0. The topological polar surface area (TPSA) is 88.4 Å². The molecule has 1 aliphatic heterocycles. The lowest BCUT2D eigenvalue weighted by atomic mass is 10.3. The second kappa shape index (κ2) is 5.44. The number of nitrogens with zero attached hydrogens (tertiary/aromatic N) is 3. The van der Waals surface area contributed by atoms with Crippen molar-refractivity contribution in [2.45, 2.75) is 12.8 Å². The Hall–Kier alpha value is -2.18. The summed E-state index contributed by atoms with van der Waals surface area (Å²) < 4.78 is 0. The van der Waals surface area contributed by atoms with Gasteiger partial charge in [0.15, 0.2) is 0 Å². The van der Waals surface area contributed by atoms with Crippen LogP contribution < -0.4 is 5.32 Å². The molecule has 1 fully saturated rings. The molecule has 1 N–H and O–H groups in total. The minimum atomic E-state index is -0.567. The molecule has 0 radical (unpaired) electrons. The van der Waals surface area contributed by atoms with E-state index in [1.54, 1.807) is 17.0 Å². The van der Waals surface area contributed by atoms with Crippen molar-refractivity contribution in [3.8, 4) is 0 Å². The Balaban J connectivity index is 1.97. The Morgan fingerprint density at radius 3 is 2.89 bits per heavy atom. The van der Waals surface area contributed by atoms with E-state index in [-0.39, 0.29) is 24.0 Å². The van der Waals surface area contributed by atoms with Gasteiger partial charge < -0.3 is 20.3 Å². The number of likely N-dealkylation sites (tertiary alicyclic amines) is 1. The van der Waals surface area contributed by atoms with Gasteiger partial charge in [-0.2, -0.15) is 0 Å². The molecule has 0 bridgehead atoms. The highest BCUT2D eigenvalue weighted by atomic mass is 16.6. The van der Waals surface area contributed by atoms with Crippen molar-refractivity contribution < 1.29 is 9.72 Å². The third kappa shape index (κ3) is 2.73. The lowest BCUT2D eigenvalue weighted by Crippen LogP contribution is -2.33. The number of amides is 1. The molecule has 0 unspecified atom stereocenters. The van der Waals surface area contributed by atoms with Gasteiger partial charge in [-0.1, -0.05) is 0 Å². The molecule has 1 aliphatic rings. The van der Waals surface area contributed by atoms with E-state index in [0.717, 1.165) is 25.9 Å². The van der Waals surface area contributed by atoms with Crippen LogP contribution in [0.25, 0.3) is 0 Å². The van der Waals surface area contributed by atoms with E-state index in [4.69, 9.17) is 0 Å². The van der Waals surface area contributed by atoms with E-state index < -0.39 is 4.92 Å². The van der Waals surface area contributed by atoms with Gasteiger partial charge in [-0.15, -0.1) is 0 Å².